The van der Waals surface area contributed by atoms with E-state index >= 15 is 0 Å². The van der Waals surface area contributed by atoms with Crippen molar-refractivity contribution >= 4 is 34.8 Å². The summed E-state index contributed by atoms with van der Waals surface area (Å²) in [5, 5.41) is 7.29. The van der Waals surface area contributed by atoms with Gasteiger partial charge in [0.2, 0.25) is 5.91 Å². The number of benzene rings is 1. The summed E-state index contributed by atoms with van der Waals surface area (Å²) in [6.45, 7) is 3.49. The third kappa shape index (κ3) is 4.89. The van der Waals surface area contributed by atoms with E-state index in [0.717, 1.165) is 5.56 Å². The predicted octanol–water partition coefficient (Wildman–Crippen LogP) is 3.18. The smallest absolute Gasteiger partial charge is 0.271 e. The Morgan fingerprint density at radius 1 is 1.21 bits per heavy atom. The molecule has 0 radical (unpaired) electrons. The Balaban J connectivity index is 1.91. The van der Waals surface area contributed by atoms with Crippen LogP contribution in [0.2, 0.25) is 5.02 Å². The molecule has 1 aromatic carbocycles. The highest BCUT2D eigenvalue weighted by Crippen LogP contribution is 2.22. The van der Waals surface area contributed by atoms with Crippen LogP contribution < -0.4 is 10.7 Å². The Hall–Kier alpha value is -2.73. The van der Waals surface area contributed by atoms with Crippen molar-refractivity contribution in [2.24, 2.45) is 5.10 Å². The molecule has 0 saturated heterocycles. The van der Waals surface area contributed by atoms with E-state index < -0.39 is 0 Å². The van der Waals surface area contributed by atoms with E-state index in [1.165, 1.54) is 12.4 Å². The van der Waals surface area contributed by atoms with Gasteiger partial charge in [0.05, 0.1) is 6.42 Å². The second-order valence-electron chi connectivity index (χ2n) is 5.16. The van der Waals surface area contributed by atoms with E-state index in [9.17, 15) is 9.59 Å². The topological polar surface area (TPSA) is 83.5 Å². The molecule has 0 aliphatic rings. The zero-order chi connectivity index (χ0) is 17.5. The molecule has 0 unspecified atom stereocenters. The summed E-state index contributed by atoms with van der Waals surface area (Å²) >= 11 is 6.02. The van der Waals surface area contributed by atoms with Gasteiger partial charge in [-0.1, -0.05) is 17.7 Å². The molecule has 0 bridgehead atoms. The average molecular weight is 345 g/mol. The minimum Gasteiger partial charge on any atom is -0.325 e. The monoisotopic (exact) mass is 344 g/mol. The number of carbonyl (C=O) groups excluding carboxylic acids is 2. The van der Waals surface area contributed by atoms with E-state index in [1.807, 2.05) is 6.92 Å². The fourth-order valence-electron chi connectivity index (χ4n) is 1.92. The van der Waals surface area contributed by atoms with Crippen molar-refractivity contribution in [3.63, 3.8) is 0 Å². The van der Waals surface area contributed by atoms with Gasteiger partial charge in [-0.15, -0.1) is 0 Å². The number of aromatic nitrogens is 1. The summed E-state index contributed by atoms with van der Waals surface area (Å²) in [5.41, 5.74) is 4.79. The highest BCUT2D eigenvalue weighted by molar-refractivity contribution is 6.31. The van der Waals surface area contributed by atoms with Crippen molar-refractivity contribution in [2.45, 2.75) is 20.3 Å². The Bertz CT molecular complexity index is 775. The highest BCUT2D eigenvalue weighted by Gasteiger charge is 2.09. The summed E-state index contributed by atoms with van der Waals surface area (Å²) in [7, 11) is 0. The largest absolute Gasteiger partial charge is 0.325 e. The number of hydrogen-bond acceptors (Lipinski definition) is 4. The minimum atomic E-state index is -0.358. The Morgan fingerprint density at radius 3 is 2.62 bits per heavy atom. The van der Waals surface area contributed by atoms with Gasteiger partial charge in [-0.3, -0.25) is 14.6 Å². The zero-order valence-electron chi connectivity index (χ0n) is 13.3. The number of pyridine rings is 1. The molecule has 1 aromatic heterocycles. The number of hydrogen-bond donors (Lipinski definition) is 2. The highest BCUT2D eigenvalue weighted by atomic mass is 35.5. The van der Waals surface area contributed by atoms with Crippen LogP contribution in [0.4, 0.5) is 5.69 Å². The molecule has 2 aromatic rings. The molecule has 2 rings (SSSR count). The molecule has 24 heavy (non-hydrogen) atoms. The molecule has 0 atom stereocenters. The number of rotatable bonds is 5. The quantitative estimate of drug-likeness (QED) is 0.645. The second kappa shape index (κ2) is 8.21. The third-order valence-corrected chi connectivity index (χ3v) is 3.66. The molecular weight excluding hydrogens is 328 g/mol. The van der Waals surface area contributed by atoms with Crippen molar-refractivity contribution in [1.82, 2.24) is 10.4 Å². The van der Waals surface area contributed by atoms with Crippen molar-refractivity contribution < 1.29 is 9.59 Å². The SMILES string of the molecule is C/C(CC(=O)Nc1cccc(Cl)c1C)=N\NC(=O)c1ccncc1. The first kappa shape index (κ1) is 17.6. The van der Waals surface area contributed by atoms with Crippen LogP contribution in [-0.2, 0) is 4.79 Å². The number of anilines is 1. The van der Waals surface area contributed by atoms with E-state index in [2.05, 4.69) is 20.8 Å². The van der Waals surface area contributed by atoms with Gasteiger partial charge >= 0.3 is 0 Å². The minimum absolute atomic E-state index is 0.0581. The molecule has 2 amide bonds. The van der Waals surface area contributed by atoms with E-state index in [4.69, 9.17) is 11.6 Å². The molecular formula is C17H17ClN4O2. The molecule has 124 valence electrons. The summed E-state index contributed by atoms with van der Waals surface area (Å²) in [4.78, 5) is 27.7. The van der Waals surface area contributed by atoms with Gasteiger partial charge in [0.15, 0.2) is 0 Å². The molecule has 7 heteroatoms. The van der Waals surface area contributed by atoms with Gasteiger partial charge in [0, 0.05) is 34.4 Å². The van der Waals surface area contributed by atoms with Crippen molar-refractivity contribution in [3.05, 3.63) is 58.9 Å². The van der Waals surface area contributed by atoms with Crippen LogP contribution in [0.5, 0.6) is 0 Å². The van der Waals surface area contributed by atoms with E-state index in [1.54, 1.807) is 37.3 Å². The molecule has 0 fully saturated rings. The van der Waals surface area contributed by atoms with Crippen molar-refractivity contribution in [3.8, 4) is 0 Å². The van der Waals surface area contributed by atoms with Crippen LogP contribution >= 0.6 is 11.6 Å². The molecule has 2 N–H and O–H groups in total. The lowest BCUT2D eigenvalue weighted by Crippen LogP contribution is -2.21. The van der Waals surface area contributed by atoms with Gasteiger partial charge < -0.3 is 5.32 Å². The van der Waals surface area contributed by atoms with Gasteiger partial charge in [-0.2, -0.15) is 5.10 Å². The molecule has 0 saturated carbocycles. The summed E-state index contributed by atoms with van der Waals surface area (Å²) in [6.07, 6.45) is 3.10. The fraction of sp³-hybridized carbons (Fsp3) is 0.176. The van der Waals surface area contributed by atoms with Crippen LogP contribution in [0.1, 0.15) is 29.3 Å². The number of nitrogens with one attached hydrogen (secondary N) is 2. The number of carbonyl (C=O) groups is 2. The first-order chi connectivity index (χ1) is 11.5. The van der Waals surface area contributed by atoms with E-state index in [-0.39, 0.29) is 18.2 Å². The van der Waals surface area contributed by atoms with Crippen LogP contribution in [0.3, 0.4) is 0 Å². The maximum Gasteiger partial charge on any atom is 0.271 e. The lowest BCUT2D eigenvalue weighted by Gasteiger charge is -2.09. The Morgan fingerprint density at radius 2 is 1.92 bits per heavy atom. The standard InChI is InChI=1S/C17H17ClN4O2/c1-11(21-22-17(24)13-6-8-19-9-7-13)10-16(23)20-15-5-3-4-14(18)12(15)2/h3-9H,10H2,1-2H3,(H,20,23)(H,22,24)/b21-11+. The lowest BCUT2D eigenvalue weighted by molar-refractivity contribution is -0.115. The molecule has 6 nitrogen and oxygen atoms in total. The van der Waals surface area contributed by atoms with E-state index in [0.29, 0.717) is 22.0 Å². The maximum absolute atomic E-state index is 12.0. The number of nitrogens with zero attached hydrogens (tertiary/aromatic N) is 2. The third-order valence-electron chi connectivity index (χ3n) is 3.25. The normalized spacial score (nSPS) is 11.0. The fourth-order valence-corrected chi connectivity index (χ4v) is 2.10. The van der Waals surface area contributed by atoms with Crippen LogP contribution in [0.15, 0.2) is 47.8 Å². The van der Waals surface area contributed by atoms with Crippen LogP contribution in [0, 0.1) is 6.92 Å². The Kier molecular flexibility index (Phi) is 6.03. The van der Waals surface area contributed by atoms with Gasteiger partial charge in [0.1, 0.15) is 0 Å². The van der Waals surface area contributed by atoms with Crippen molar-refractivity contribution in [2.75, 3.05) is 5.32 Å². The molecule has 0 spiro atoms. The summed E-state index contributed by atoms with van der Waals surface area (Å²) in [5.74, 6) is -0.595. The van der Waals surface area contributed by atoms with Gasteiger partial charge in [0.25, 0.3) is 5.91 Å². The Labute approximate surface area is 144 Å². The molecule has 0 aliphatic carbocycles. The number of halogens is 1. The number of hydrazone groups is 1. The molecule has 0 aliphatic heterocycles. The summed E-state index contributed by atoms with van der Waals surface area (Å²) in [6, 6.07) is 8.45. The molecule has 1 heterocycles. The average Bonchev–Trinajstić information content (AvgIpc) is 2.57. The number of amides is 2. The van der Waals surface area contributed by atoms with Crippen LogP contribution in [-0.4, -0.2) is 22.5 Å². The van der Waals surface area contributed by atoms with Gasteiger partial charge in [-0.05, 0) is 43.7 Å². The lowest BCUT2D eigenvalue weighted by atomic mass is 10.2. The van der Waals surface area contributed by atoms with Crippen LogP contribution in [0.25, 0.3) is 0 Å². The van der Waals surface area contributed by atoms with Crippen molar-refractivity contribution in [1.29, 1.82) is 0 Å². The first-order valence-corrected chi connectivity index (χ1v) is 7.63. The zero-order valence-corrected chi connectivity index (χ0v) is 14.1. The summed E-state index contributed by atoms with van der Waals surface area (Å²) < 4.78 is 0. The first-order valence-electron chi connectivity index (χ1n) is 7.26. The maximum atomic E-state index is 12.0. The van der Waals surface area contributed by atoms with Gasteiger partial charge in [-0.25, -0.2) is 5.43 Å². The second-order valence-corrected chi connectivity index (χ2v) is 5.57. The predicted molar refractivity (Wildman–Crippen MR) is 94.2 cm³/mol.